The number of aromatic nitrogens is 3. The van der Waals surface area contributed by atoms with Crippen molar-refractivity contribution >= 4 is 5.91 Å². The van der Waals surface area contributed by atoms with Crippen LogP contribution in [-0.4, -0.2) is 32.1 Å². The van der Waals surface area contributed by atoms with Gasteiger partial charge in [0.15, 0.2) is 17.5 Å². The lowest BCUT2D eigenvalue weighted by atomic mass is 9.95. The molecule has 1 aromatic heterocycles. The smallest absolute Gasteiger partial charge is 0.333 e. The zero-order valence-corrected chi connectivity index (χ0v) is 14.8. The molecule has 2 aromatic rings. The highest BCUT2D eigenvalue weighted by Gasteiger charge is 2.40. The number of alkyl halides is 3. The van der Waals surface area contributed by atoms with Crippen molar-refractivity contribution in [3.8, 4) is 0 Å². The number of benzene rings is 1. The lowest BCUT2D eigenvalue weighted by molar-refractivity contribution is -0.148. The summed E-state index contributed by atoms with van der Waals surface area (Å²) in [6.07, 6.45) is -2.56. The van der Waals surface area contributed by atoms with E-state index in [1.165, 1.54) is 17.0 Å². The Labute approximate surface area is 157 Å². The van der Waals surface area contributed by atoms with Gasteiger partial charge in [0.2, 0.25) is 11.7 Å². The standard InChI is InChI=1S/C18H17F5N4O/c19-13-7-11-2-1-10(12(11)8-14(13)20)3-4-16(28)26-5-6-27-15(9-26)24-25-17(27)18(21,22)23/h7-8,10H,1-6,9H2. The maximum Gasteiger partial charge on any atom is 0.451 e. The molecule has 10 heteroatoms. The van der Waals surface area contributed by atoms with Gasteiger partial charge in [-0.05, 0) is 48.4 Å². The Hall–Kier alpha value is -2.52. The molecule has 5 nitrogen and oxygen atoms in total. The predicted octanol–water partition coefficient (Wildman–Crippen LogP) is 3.43. The number of halogens is 5. The van der Waals surface area contributed by atoms with Gasteiger partial charge < -0.3 is 9.47 Å². The largest absolute Gasteiger partial charge is 0.451 e. The number of fused-ring (bicyclic) bond motifs is 2. The minimum absolute atomic E-state index is 0.0142. The van der Waals surface area contributed by atoms with Crippen molar-refractivity contribution in [2.75, 3.05) is 6.54 Å². The van der Waals surface area contributed by atoms with Gasteiger partial charge in [0, 0.05) is 19.5 Å². The minimum atomic E-state index is -4.58. The first-order chi connectivity index (χ1) is 13.2. The average molecular weight is 400 g/mol. The number of aryl methyl sites for hydroxylation is 1. The van der Waals surface area contributed by atoms with E-state index in [1.54, 1.807) is 0 Å². The van der Waals surface area contributed by atoms with E-state index >= 15 is 0 Å². The molecule has 1 aliphatic heterocycles. The van der Waals surface area contributed by atoms with Crippen molar-refractivity contribution in [1.82, 2.24) is 19.7 Å². The second-order valence-corrected chi connectivity index (χ2v) is 7.14. The number of hydrogen-bond donors (Lipinski definition) is 0. The van der Waals surface area contributed by atoms with Crippen LogP contribution in [0.15, 0.2) is 12.1 Å². The zero-order chi connectivity index (χ0) is 20.1. The second kappa shape index (κ2) is 6.82. The number of amides is 1. The summed E-state index contributed by atoms with van der Waals surface area (Å²) in [5.74, 6) is -2.93. The summed E-state index contributed by atoms with van der Waals surface area (Å²) in [4.78, 5) is 14.0. The van der Waals surface area contributed by atoms with Crippen molar-refractivity contribution in [3.63, 3.8) is 0 Å². The molecule has 2 aliphatic rings. The van der Waals surface area contributed by atoms with E-state index in [4.69, 9.17) is 0 Å². The predicted molar refractivity (Wildman–Crippen MR) is 87.1 cm³/mol. The van der Waals surface area contributed by atoms with E-state index in [9.17, 15) is 26.7 Å². The maximum atomic E-state index is 13.5. The van der Waals surface area contributed by atoms with Crippen LogP contribution in [0.5, 0.6) is 0 Å². The highest BCUT2D eigenvalue weighted by atomic mass is 19.4. The highest BCUT2D eigenvalue weighted by molar-refractivity contribution is 5.76. The van der Waals surface area contributed by atoms with Crippen LogP contribution in [0.25, 0.3) is 0 Å². The van der Waals surface area contributed by atoms with E-state index in [0.29, 0.717) is 12.8 Å². The molecule has 0 N–H and O–H groups in total. The van der Waals surface area contributed by atoms with E-state index in [0.717, 1.165) is 22.1 Å². The van der Waals surface area contributed by atoms with E-state index in [2.05, 4.69) is 10.2 Å². The van der Waals surface area contributed by atoms with Gasteiger partial charge >= 0.3 is 6.18 Å². The van der Waals surface area contributed by atoms with Crippen LogP contribution >= 0.6 is 0 Å². The first-order valence-corrected chi connectivity index (χ1v) is 8.99. The Bertz CT molecular complexity index is 923. The molecule has 0 fully saturated rings. The van der Waals surface area contributed by atoms with Gasteiger partial charge in [-0.25, -0.2) is 8.78 Å². The van der Waals surface area contributed by atoms with Crippen molar-refractivity contribution in [2.45, 2.75) is 50.9 Å². The number of hydrogen-bond acceptors (Lipinski definition) is 3. The first-order valence-electron chi connectivity index (χ1n) is 8.99. The van der Waals surface area contributed by atoms with Crippen LogP contribution in [0.2, 0.25) is 0 Å². The molecule has 1 amide bonds. The van der Waals surface area contributed by atoms with Gasteiger partial charge in [-0.3, -0.25) is 4.79 Å². The summed E-state index contributed by atoms with van der Waals surface area (Å²) >= 11 is 0. The first kappa shape index (κ1) is 18.8. The van der Waals surface area contributed by atoms with Gasteiger partial charge in [0.1, 0.15) is 0 Å². The van der Waals surface area contributed by atoms with Crippen LogP contribution in [0.3, 0.4) is 0 Å². The van der Waals surface area contributed by atoms with Crippen LogP contribution in [-0.2, 0) is 30.5 Å². The molecule has 0 bridgehead atoms. The van der Waals surface area contributed by atoms with Crippen LogP contribution in [0.4, 0.5) is 22.0 Å². The number of carbonyl (C=O) groups excluding carboxylic acids is 1. The third kappa shape index (κ3) is 3.35. The van der Waals surface area contributed by atoms with Crippen molar-refractivity contribution in [1.29, 1.82) is 0 Å². The monoisotopic (exact) mass is 400 g/mol. The third-order valence-electron chi connectivity index (χ3n) is 5.45. The fourth-order valence-electron chi connectivity index (χ4n) is 4.02. The number of rotatable bonds is 3. The van der Waals surface area contributed by atoms with Gasteiger partial charge in [-0.1, -0.05) is 0 Å². The van der Waals surface area contributed by atoms with Gasteiger partial charge in [0.25, 0.3) is 0 Å². The van der Waals surface area contributed by atoms with E-state index in [1.807, 2.05) is 0 Å². The zero-order valence-electron chi connectivity index (χ0n) is 14.8. The molecule has 0 spiro atoms. The number of carbonyl (C=O) groups is 1. The molecule has 4 rings (SSSR count). The second-order valence-electron chi connectivity index (χ2n) is 7.14. The summed E-state index contributed by atoms with van der Waals surface area (Å²) in [6.45, 7) is 0.108. The van der Waals surface area contributed by atoms with Crippen molar-refractivity contribution in [2.24, 2.45) is 0 Å². The number of nitrogens with zero attached hydrogens (tertiary/aromatic N) is 4. The molecule has 1 unspecified atom stereocenters. The van der Waals surface area contributed by atoms with Gasteiger partial charge in [-0.2, -0.15) is 13.2 Å². The fraction of sp³-hybridized carbons (Fsp3) is 0.500. The molecular formula is C18H17F5N4O. The highest BCUT2D eigenvalue weighted by Crippen LogP contribution is 2.37. The van der Waals surface area contributed by atoms with E-state index in [-0.39, 0.29) is 43.7 Å². The molecule has 1 atom stereocenters. The Morgan fingerprint density at radius 3 is 2.64 bits per heavy atom. The van der Waals surface area contributed by atoms with Crippen LogP contribution < -0.4 is 0 Å². The summed E-state index contributed by atoms with van der Waals surface area (Å²) in [5, 5.41) is 6.76. The quantitative estimate of drug-likeness (QED) is 0.742. The topological polar surface area (TPSA) is 51.0 Å². The van der Waals surface area contributed by atoms with Gasteiger partial charge in [0.05, 0.1) is 6.54 Å². The molecule has 0 saturated carbocycles. The Morgan fingerprint density at radius 1 is 1.14 bits per heavy atom. The molecule has 0 saturated heterocycles. The third-order valence-corrected chi connectivity index (χ3v) is 5.45. The molecular weight excluding hydrogens is 383 g/mol. The lowest BCUT2D eigenvalue weighted by Crippen LogP contribution is -2.39. The molecule has 2 heterocycles. The van der Waals surface area contributed by atoms with E-state index < -0.39 is 23.6 Å². The van der Waals surface area contributed by atoms with Crippen molar-refractivity contribution < 1.29 is 26.7 Å². The Morgan fingerprint density at radius 2 is 1.89 bits per heavy atom. The Kier molecular flexibility index (Phi) is 4.59. The lowest BCUT2D eigenvalue weighted by Gasteiger charge is -2.28. The summed E-state index contributed by atoms with van der Waals surface area (Å²) in [5.41, 5.74) is 1.50. The molecule has 28 heavy (non-hydrogen) atoms. The Balaban J connectivity index is 1.39. The summed E-state index contributed by atoms with van der Waals surface area (Å²) in [6, 6.07) is 2.41. The maximum absolute atomic E-state index is 13.5. The molecule has 150 valence electrons. The average Bonchev–Trinajstić information content (AvgIpc) is 3.23. The minimum Gasteiger partial charge on any atom is -0.333 e. The fourth-order valence-corrected chi connectivity index (χ4v) is 4.02. The molecule has 1 aliphatic carbocycles. The van der Waals surface area contributed by atoms with Crippen LogP contribution in [0.1, 0.15) is 48.0 Å². The molecule has 1 aromatic carbocycles. The summed E-state index contributed by atoms with van der Waals surface area (Å²) in [7, 11) is 0. The van der Waals surface area contributed by atoms with Crippen molar-refractivity contribution in [3.05, 3.63) is 46.5 Å². The van der Waals surface area contributed by atoms with Crippen LogP contribution in [0, 0.1) is 11.6 Å². The van der Waals surface area contributed by atoms with Gasteiger partial charge in [-0.15, -0.1) is 10.2 Å². The summed E-state index contributed by atoms with van der Waals surface area (Å²) < 4.78 is 66.5. The molecule has 0 radical (unpaired) electrons. The normalized spacial score (nSPS) is 18.9. The SMILES string of the molecule is O=C(CCC1CCc2cc(F)c(F)cc21)N1CCn2c(nnc2C(F)(F)F)C1.